The maximum atomic E-state index is 6.07. The van der Waals surface area contributed by atoms with Gasteiger partial charge in [-0.2, -0.15) is 0 Å². The molecule has 2 atom stereocenters. The Kier molecular flexibility index (Phi) is 9.54. The quantitative estimate of drug-likeness (QED) is 0.590. The largest absolute Gasteiger partial charge is 0.378 e. The van der Waals surface area contributed by atoms with E-state index in [0.717, 1.165) is 30.9 Å². The van der Waals surface area contributed by atoms with Crippen LogP contribution in [-0.2, 0) is 4.74 Å². The van der Waals surface area contributed by atoms with Gasteiger partial charge in [-0.1, -0.05) is 40.5 Å². The minimum atomic E-state index is 0.543. The van der Waals surface area contributed by atoms with Gasteiger partial charge in [-0.25, -0.2) is 0 Å². The molecular formula is C18H37NO. The van der Waals surface area contributed by atoms with Gasteiger partial charge in [-0.05, 0) is 62.9 Å². The average molecular weight is 284 g/mol. The van der Waals surface area contributed by atoms with E-state index in [1.807, 2.05) is 0 Å². The minimum Gasteiger partial charge on any atom is -0.378 e. The molecule has 0 aromatic rings. The van der Waals surface area contributed by atoms with Crippen molar-refractivity contribution in [2.24, 2.45) is 17.8 Å². The van der Waals surface area contributed by atoms with Gasteiger partial charge in [-0.3, -0.25) is 0 Å². The lowest BCUT2D eigenvalue weighted by atomic mass is 9.82. The zero-order valence-corrected chi connectivity index (χ0v) is 14.3. The summed E-state index contributed by atoms with van der Waals surface area (Å²) < 4.78 is 6.07. The van der Waals surface area contributed by atoms with Crippen molar-refractivity contribution in [2.45, 2.75) is 78.7 Å². The topological polar surface area (TPSA) is 21.3 Å². The third-order valence-electron chi connectivity index (χ3n) is 4.29. The summed E-state index contributed by atoms with van der Waals surface area (Å²) in [4.78, 5) is 0. The van der Waals surface area contributed by atoms with E-state index >= 15 is 0 Å². The van der Waals surface area contributed by atoms with Gasteiger partial charge >= 0.3 is 0 Å². The van der Waals surface area contributed by atoms with Crippen molar-refractivity contribution >= 4 is 0 Å². The van der Waals surface area contributed by atoms with Crippen molar-refractivity contribution in [3.05, 3.63) is 0 Å². The summed E-state index contributed by atoms with van der Waals surface area (Å²) in [6.45, 7) is 12.6. The van der Waals surface area contributed by atoms with Crippen molar-refractivity contribution in [2.75, 3.05) is 19.7 Å². The first-order valence-electron chi connectivity index (χ1n) is 8.90. The Balaban J connectivity index is 1.87. The van der Waals surface area contributed by atoms with Gasteiger partial charge < -0.3 is 10.1 Å². The summed E-state index contributed by atoms with van der Waals surface area (Å²) in [6, 6.07) is 0. The number of nitrogens with one attached hydrogen (secondary N) is 1. The Morgan fingerprint density at radius 3 is 2.25 bits per heavy atom. The second kappa shape index (κ2) is 10.6. The van der Waals surface area contributed by atoms with Gasteiger partial charge in [0, 0.05) is 6.61 Å². The van der Waals surface area contributed by atoms with Crippen LogP contribution < -0.4 is 5.32 Å². The lowest BCUT2D eigenvalue weighted by Gasteiger charge is -2.31. The van der Waals surface area contributed by atoms with Crippen LogP contribution in [0.15, 0.2) is 0 Å². The van der Waals surface area contributed by atoms with Crippen LogP contribution in [0.5, 0.6) is 0 Å². The molecule has 0 aliphatic heterocycles. The minimum absolute atomic E-state index is 0.543. The van der Waals surface area contributed by atoms with Gasteiger partial charge in [0.05, 0.1) is 6.10 Å². The van der Waals surface area contributed by atoms with Crippen molar-refractivity contribution in [3.63, 3.8) is 0 Å². The molecule has 20 heavy (non-hydrogen) atoms. The molecule has 1 fully saturated rings. The van der Waals surface area contributed by atoms with Crippen molar-refractivity contribution < 1.29 is 4.74 Å². The van der Waals surface area contributed by atoms with Crippen LogP contribution in [0, 0.1) is 17.8 Å². The molecule has 1 aliphatic rings. The molecule has 2 unspecified atom stereocenters. The molecule has 0 aromatic carbocycles. The molecule has 0 heterocycles. The number of hydrogen-bond acceptors (Lipinski definition) is 2. The van der Waals surface area contributed by atoms with E-state index in [0.29, 0.717) is 6.10 Å². The van der Waals surface area contributed by atoms with Crippen molar-refractivity contribution in [1.29, 1.82) is 0 Å². The predicted octanol–water partition coefficient (Wildman–Crippen LogP) is 4.63. The molecule has 0 spiro atoms. The molecule has 2 heteroatoms. The highest BCUT2D eigenvalue weighted by molar-refractivity contribution is 4.75. The Morgan fingerprint density at radius 1 is 0.950 bits per heavy atom. The van der Waals surface area contributed by atoms with Crippen LogP contribution in [0.3, 0.4) is 0 Å². The van der Waals surface area contributed by atoms with Crippen molar-refractivity contribution in [3.8, 4) is 0 Å². The van der Waals surface area contributed by atoms with Crippen LogP contribution in [0.25, 0.3) is 0 Å². The number of unbranched alkanes of at least 4 members (excludes halogenated alkanes) is 3. The Morgan fingerprint density at radius 2 is 1.60 bits per heavy atom. The molecule has 1 saturated carbocycles. The first-order valence-corrected chi connectivity index (χ1v) is 8.90. The lowest BCUT2D eigenvalue weighted by molar-refractivity contribution is -0.000616. The third kappa shape index (κ3) is 8.97. The Labute approximate surface area is 127 Å². The zero-order chi connectivity index (χ0) is 14.8. The first kappa shape index (κ1) is 18.0. The Bertz CT molecular complexity index is 219. The summed E-state index contributed by atoms with van der Waals surface area (Å²) >= 11 is 0. The van der Waals surface area contributed by atoms with E-state index in [2.05, 4.69) is 33.0 Å². The molecule has 1 N–H and O–H groups in total. The molecule has 120 valence electrons. The highest BCUT2D eigenvalue weighted by Gasteiger charge is 2.23. The van der Waals surface area contributed by atoms with Crippen LogP contribution in [0.1, 0.15) is 72.6 Å². The molecule has 0 bridgehead atoms. The fourth-order valence-electron chi connectivity index (χ4n) is 3.36. The number of hydrogen-bond donors (Lipinski definition) is 1. The second-order valence-corrected chi connectivity index (χ2v) is 7.42. The van der Waals surface area contributed by atoms with Gasteiger partial charge in [0.2, 0.25) is 0 Å². The zero-order valence-electron chi connectivity index (χ0n) is 14.3. The maximum absolute atomic E-state index is 6.07. The molecule has 0 radical (unpaired) electrons. The lowest BCUT2D eigenvalue weighted by Crippen LogP contribution is -2.26. The van der Waals surface area contributed by atoms with Gasteiger partial charge in [0.1, 0.15) is 0 Å². The predicted molar refractivity (Wildman–Crippen MR) is 88.1 cm³/mol. The summed E-state index contributed by atoms with van der Waals surface area (Å²) in [6.07, 6.45) is 9.71. The number of ether oxygens (including phenoxy) is 1. The highest BCUT2D eigenvalue weighted by atomic mass is 16.5. The molecule has 0 amide bonds. The molecule has 0 saturated heterocycles. The molecule has 1 aliphatic carbocycles. The average Bonchev–Trinajstić information content (AvgIpc) is 2.35. The van der Waals surface area contributed by atoms with E-state index in [-0.39, 0.29) is 0 Å². The SMILES string of the molecule is CC(C)CNCCCCCCOC1CC(C)CC(C)C1. The maximum Gasteiger partial charge on any atom is 0.0580 e. The monoisotopic (exact) mass is 283 g/mol. The molecule has 1 rings (SSSR count). The summed E-state index contributed by atoms with van der Waals surface area (Å²) in [5, 5.41) is 3.51. The van der Waals surface area contributed by atoms with Crippen LogP contribution in [0.2, 0.25) is 0 Å². The smallest absolute Gasteiger partial charge is 0.0580 e. The second-order valence-electron chi connectivity index (χ2n) is 7.42. The Hall–Kier alpha value is -0.0800. The van der Waals surface area contributed by atoms with Crippen molar-refractivity contribution in [1.82, 2.24) is 5.32 Å². The molecular weight excluding hydrogens is 246 g/mol. The normalized spacial score (nSPS) is 27.1. The van der Waals surface area contributed by atoms with E-state index in [4.69, 9.17) is 4.74 Å². The fourth-order valence-corrected chi connectivity index (χ4v) is 3.36. The van der Waals surface area contributed by atoms with Crippen LogP contribution in [0.4, 0.5) is 0 Å². The molecule has 2 nitrogen and oxygen atoms in total. The van der Waals surface area contributed by atoms with E-state index < -0.39 is 0 Å². The van der Waals surface area contributed by atoms with E-state index in [1.54, 1.807) is 0 Å². The standard InChI is InChI=1S/C18H37NO/c1-15(2)14-19-9-7-5-6-8-10-20-18-12-16(3)11-17(4)13-18/h15-19H,5-14H2,1-4H3. The number of rotatable bonds is 10. The van der Waals surface area contributed by atoms with Gasteiger partial charge in [0.25, 0.3) is 0 Å². The van der Waals surface area contributed by atoms with E-state index in [9.17, 15) is 0 Å². The van der Waals surface area contributed by atoms with Crippen LogP contribution >= 0.6 is 0 Å². The first-order chi connectivity index (χ1) is 9.58. The van der Waals surface area contributed by atoms with Crippen LogP contribution in [-0.4, -0.2) is 25.8 Å². The summed E-state index contributed by atoms with van der Waals surface area (Å²) in [7, 11) is 0. The van der Waals surface area contributed by atoms with Gasteiger partial charge in [0.15, 0.2) is 0 Å². The summed E-state index contributed by atoms with van der Waals surface area (Å²) in [5.41, 5.74) is 0. The van der Waals surface area contributed by atoms with E-state index in [1.165, 1.54) is 51.5 Å². The third-order valence-corrected chi connectivity index (χ3v) is 4.29. The highest BCUT2D eigenvalue weighted by Crippen LogP contribution is 2.30. The van der Waals surface area contributed by atoms with Gasteiger partial charge in [-0.15, -0.1) is 0 Å². The molecule has 0 aromatic heterocycles. The summed E-state index contributed by atoms with van der Waals surface area (Å²) in [5.74, 6) is 2.48. The fraction of sp³-hybridized carbons (Fsp3) is 1.00.